The smallest absolute Gasteiger partial charge is 0.108 e. The number of furan rings is 1. The fraction of sp³-hybridized carbons (Fsp3) is 0.444. The summed E-state index contributed by atoms with van der Waals surface area (Å²) in [6.07, 6.45) is 5.31. The van der Waals surface area contributed by atoms with Crippen LogP contribution in [0.1, 0.15) is 59.9 Å². The Morgan fingerprint density at radius 2 is 2.05 bits per heavy atom. The first kappa shape index (κ1) is 13.4. The minimum absolute atomic E-state index is 0.361. The van der Waals surface area contributed by atoms with Gasteiger partial charge in [-0.25, -0.2) is 0 Å². The summed E-state index contributed by atoms with van der Waals surface area (Å²) in [6.45, 7) is 6.59. The topological polar surface area (TPSA) is 25.2 Å². The molecule has 3 rings (SSSR count). The predicted molar refractivity (Wildman–Crippen MR) is 81.9 cm³/mol. The molecule has 0 amide bonds. The summed E-state index contributed by atoms with van der Waals surface area (Å²) in [5.74, 6) is 1.17. The zero-order valence-electron chi connectivity index (χ0n) is 12.6. The molecule has 106 valence electrons. The monoisotopic (exact) mass is 269 g/mol. The van der Waals surface area contributed by atoms with Crippen molar-refractivity contribution in [2.24, 2.45) is 0 Å². The highest BCUT2D eigenvalue weighted by Crippen LogP contribution is 2.32. The van der Waals surface area contributed by atoms with Crippen LogP contribution in [-0.4, -0.2) is 0 Å². The molecule has 0 aliphatic heterocycles. The SMILES string of the molecule is Cc1ccc(C(C)NC2CCCc3occc32)cc1C. The lowest BCUT2D eigenvalue weighted by molar-refractivity contribution is 0.385. The number of nitrogens with one attached hydrogen (secondary N) is 1. The fourth-order valence-electron chi connectivity index (χ4n) is 3.09. The second-order valence-corrected chi connectivity index (χ2v) is 5.98. The van der Waals surface area contributed by atoms with Gasteiger partial charge in [-0.05, 0) is 56.4 Å². The molecule has 1 aromatic carbocycles. The average molecular weight is 269 g/mol. The van der Waals surface area contributed by atoms with E-state index in [1.54, 1.807) is 0 Å². The van der Waals surface area contributed by atoms with Crippen molar-refractivity contribution in [2.45, 2.75) is 52.1 Å². The summed E-state index contributed by atoms with van der Waals surface area (Å²) in [5.41, 5.74) is 5.44. The number of hydrogen-bond acceptors (Lipinski definition) is 2. The molecular weight excluding hydrogens is 246 g/mol. The van der Waals surface area contributed by atoms with Gasteiger partial charge in [-0.15, -0.1) is 0 Å². The molecule has 1 heterocycles. The third kappa shape index (κ3) is 2.53. The summed E-state index contributed by atoms with van der Waals surface area (Å²) >= 11 is 0. The van der Waals surface area contributed by atoms with E-state index in [9.17, 15) is 0 Å². The summed E-state index contributed by atoms with van der Waals surface area (Å²) in [4.78, 5) is 0. The van der Waals surface area contributed by atoms with Gasteiger partial charge >= 0.3 is 0 Å². The molecule has 2 atom stereocenters. The lowest BCUT2D eigenvalue weighted by Gasteiger charge is -2.27. The van der Waals surface area contributed by atoms with Gasteiger partial charge in [0.2, 0.25) is 0 Å². The number of benzene rings is 1. The van der Waals surface area contributed by atoms with Crippen molar-refractivity contribution in [3.63, 3.8) is 0 Å². The molecule has 1 aliphatic rings. The maximum atomic E-state index is 5.57. The van der Waals surface area contributed by atoms with Crippen LogP contribution >= 0.6 is 0 Å². The standard InChI is InChI=1S/C18H23NO/c1-12-7-8-15(11-13(12)2)14(3)19-17-5-4-6-18-16(17)9-10-20-18/h7-11,14,17,19H,4-6H2,1-3H3. The van der Waals surface area contributed by atoms with Crippen molar-refractivity contribution in [1.82, 2.24) is 5.32 Å². The second kappa shape index (κ2) is 5.45. The first-order valence-electron chi connectivity index (χ1n) is 7.54. The highest BCUT2D eigenvalue weighted by atomic mass is 16.3. The van der Waals surface area contributed by atoms with Crippen LogP contribution in [0.5, 0.6) is 0 Å². The van der Waals surface area contributed by atoms with Crippen molar-refractivity contribution >= 4 is 0 Å². The lowest BCUT2D eigenvalue weighted by Crippen LogP contribution is -2.27. The highest BCUT2D eigenvalue weighted by molar-refractivity contribution is 5.32. The Bertz CT molecular complexity index is 599. The van der Waals surface area contributed by atoms with Gasteiger partial charge in [0.05, 0.1) is 6.26 Å². The number of aryl methyl sites for hydroxylation is 3. The Kier molecular flexibility index (Phi) is 3.66. The molecule has 2 unspecified atom stereocenters. The summed E-state index contributed by atoms with van der Waals surface area (Å²) in [7, 11) is 0. The fourth-order valence-corrected chi connectivity index (χ4v) is 3.09. The molecule has 1 N–H and O–H groups in total. The van der Waals surface area contributed by atoms with Gasteiger partial charge in [0.25, 0.3) is 0 Å². The summed E-state index contributed by atoms with van der Waals surface area (Å²) in [6, 6.07) is 9.66. The van der Waals surface area contributed by atoms with Gasteiger partial charge in [-0.2, -0.15) is 0 Å². The molecule has 2 aromatic rings. The van der Waals surface area contributed by atoms with Crippen LogP contribution < -0.4 is 5.32 Å². The van der Waals surface area contributed by atoms with Crippen molar-refractivity contribution in [2.75, 3.05) is 0 Å². The van der Waals surface area contributed by atoms with Gasteiger partial charge < -0.3 is 9.73 Å². The molecule has 0 saturated heterocycles. The minimum Gasteiger partial charge on any atom is -0.469 e. The van der Waals surface area contributed by atoms with Crippen LogP contribution in [0.3, 0.4) is 0 Å². The summed E-state index contributed by atoms with van der Waals surface area (Å²) in [5, 5.41) is 3.76. The van der Waals surface area contributed by atoms with E-state index >= 15 is 0 Å². The van der Waals surface area contributed by atoms with E-state index in [4.69, 9.17) is 4.42 Å². The van der Waals surface area contributed by atoms with E-state index in [1.165, 1.54) is 40.9 Å². The van der Waals surface area contributed by atoms with Crippen molar-refractivity contribution in [3.05, 3.63) is 58.5 Å². The van der Waals surface area contributed by atoms with E-state index in [-0.39, 0.29) is 0 Å². The number of rotatable bonds is 3. The first-order chi connectivity index (χ1) is 9.65. The second-order valence-electron chi connectivity index (χ2n) is 5.98. The number of hydrogen-bond donors (Lipinski definition) is 1. The third-order valence-corrected chi connectivity index (χ3v) is 4.53. The van der Waals surface area contributed by atoms with Crippen molar-refractivity contribution < 1.29 is 4.42 Å². The van der Waals surface area contributed by atoms with Gasteiger partial charge in [-0.3, -0.25) is 0 Å². The molecule has 0 bridgehead atoms. The molecular formula is C18H23NO. The van der Waals surface area contributed by atoms with Crippen LogP contribution in [-0.2, 0) is 6.42 Å². The predicted octanol–water partition coefficient (Wildman–Crippen LogP) is 4.62. The molecule has 1 aromatic heterocycles. The van der Waals surface area contributed by atoms with E-state index < -0.39 is 0 Å². The van der Waals surface area contributed by atoms with Gasteiger partial charge in [0.15, 0.2) is 0 Å². The lowest BCUT2D eigenvalue weighted by atomic mass is 9.92. The largest absolute Gasteiger partial charge is 0.469 e. The van der Waals surface area contributed by atoms with E-state index in [0.29, 0.717) is 12.1 Å². The van der Waals surface area contributed by atoms with Crippen LogP contribution in [0.2, 0.25) is 0 Å². The molecule has 20 heavy (non-hydrogen) atoms. The Hall–Kier alpha value is -1.54. The van der Waals surface area contributed by atoms with Crippen LogP contribution in [0.4, 0.5) is 0 Å². The van der Waals surface area contributed by atoms with E-state index in [0.717, 1.165) is 6.42 Å². The van der Waals surface area contributed by atoms with Gasteiger partial charge in [0, 0.05) is 24.1 Å². The Balaban J connectivity index is 1.77. The zero-order valence-corrected chi connectivity index (χ0v) is 12.6. The Morgan fingerprint density at radius 3 is 2.85 bits per heavy atom. The van der Waals surface area contributed by atoms with E-state index in [2.05, 4.69) is 50.4 Å². The van der Waals surface area contributed by atoms with Crippen molar-refractivity contribution in [3.8, 4) is 0 Å². The maximum Gasteiger partial charge on any atom is 0.108 e. The quantitative estimate of drug-likeness (QED) is 0.879. The van der Waals surface area contributed by atoms with Crippen LogP contribution in [0.15, 0.2) is 34.9 Å². The molecule has 1 aliphatic carbocycles. The first-order valence-corrected chi connectivity index (χ1v) is 7.54. The van der Waals surface area contributed by atoms with Gasteiger partial charge in [-0.1, -0.05) is 18.2 Å². The third-order valence-electron chi connectivity index (χ3n) is 4.53. The zero-order chi connectivity index (χ0) is 14.1. The highest BCUT2D eigenvalue weighted by Gasteiger charge is 2.24. The minimum atomic E-state index is 0.361. The molecule has 0 radical (unpaired) electrons. The molecule has 0 fully saturated rings. The molecule has 2 heteroatoms. The van der Waals surface area contributed by atoms with Crippen LogP contribution in [0, 0.1) is 13.8 Å². The maximum absolute atomic E-state index is 5.57. The summed E-state index contributed by atoms with van der Waals surface area (Å²) < 4.78 is 5.57. The van der Waals surface area contributed by atoms with E-state index in [1.807, 2.05) is 6.26 Å². The Labute approximate surface area is 121 Å². The molecule has 0 spiro atoms. The van der Waals surface area contributed by atoms with Crippen LogP contribution in [0.25, 0.3) is 0 Å². The molecule has 0 saturated carbocycles. The van der Waals surface area contributed by atoms with Gasteiger partial charge in [0.1, 0.15) is 5.76 Å². The van der Waals surface area contributed by atoms with Crippen molar-refractivity contribution in [1.29, 1.82) is 0 Å². The normalized spacial score (nSPS) is 19.6. The number of fused-ring (bicyclic) bond motifs is 1. The Morgan fingerprint density at radius 1 is 1.20 bits per heavy atom. The average Bonchev–Trinajstić information content (AvgIpc) is 2.91. The molecule has 2 nitrogen and oxygen atoms in total.